The molecule has 4 heteroatoms. The van der Waals surface area contributed by atoms with Gasteiger partial charge in [0.15, 0.2) is 0 Å². The van der Waals surface area contributed by atoms with Crippen molar-refractivity contribution < 1.29 is 0 Å². The molecule has 1 aromatic carbocycles. The number of aryl methyl sites for hydroxylation is 1. The van der Waals surface area contributed by atoms with Gasteiger partial charge in [0.2, 0.25) is 0 Å². The molecule has 3 nitrogen and oxygen atoms in total. The Balaban J connectivity index is 2.32. The van der Waals surface area contributed by atoms with Crippen LogP contribution in [0.5, 0.6) is 0 Å². The van der Waals surface area contributed by atoms with Crippen LogP contribution in [0.1, 0.15) is 11.1 Å². The van der Waals surface area contributed by atoms with Crippen LogP contribution in [0.4, 0.5) is 0 Å². The Kier molecular flexibility index (Phi) is 3.18. The van der Waals surface area contributed by atoms with Gasteiger partial charge in [-0.1, -0.05) is 17.8 Å². The molecule has 1 aromatic heterocycles. The van der Waals surface area contributed by atoms with Crippen molar-refractivity contribution in [1.82, 2.24) is 9.97 Å². The molecule has 0 aliphatic carbocycles. The number of hydrogen-bond donors (Lipinski definition) is 0. The Bertz CT molecular complexity index is 532. The van der Waals surface area contributed by atoms with E-state index in [9.17, 15) is 0 Å². The van der Waals surface area contributed by atoms with Crippen molar-refractivity contribution in [2.75, 3.05) is 0 Å². The average molecular weight is 227 g/mol. The number of nitriles is 1. The van der Waals surface area contributed by atoms with E-state index in [1.54, 1.807) is 6.20 Å². The molecule has 0 aliphatic heterocycles. The Morgan fingerprint density at radius 2 is 2.19 bits per heavy atom. The fourth-order valence-electron chi connectivity index (χ4n) is 1.27. The first kappa shape index (κ1) is 10.7. The van der Waals surface area contributed by atoms with Crippen molar-refractivity contribution in [2.45, 2.75) is 16.8 Å². The molecule has 0 unspecified atom stereocenters. The summed E-state index contributed by atoms with van der Waals surface area (Å²) in [6.07, 6.45) is 3.19. The summed E-state index contributed by atoms with van der Waals surface area (Å²) < 4.78 is 0. The van der Waals surface area contributed by atoms with Crippen LogP contribution in [0.15, 0.2) is 46.7 Å². The highest BCUT2D eigenvalue weighted by molar-refractivity contribution is 7.99. The molecule has 78 valence electrons. The Labute approximate surface area is 98.2 Å². The third kappa shape index (κ3) is 2.38. The molecule has 0 atom stereocenters. The number of hydrogen-bond acceptors (Lipinski definition) is 4. The molecule has 0 amide bonds. The maximum Gasteiger partial charge on any atom is 0.116 e. The van der Waals surface area contributed by atoms with Crippen LogP contribution in [0, 0.1) is 18.3 Å². The highest BCUT2D eigenvalue weighted by Crippen LogP contribution is 2.28. The Hall–Kier alpha value is -1.86. The summed E-state index contributed by atoms with van der Waals surface area (Å²) in [5, 5.41) is 9.87. The third-order valence-corrected chi connectivity index (χ3v) is 3.05. The molecule has 2 aromatic rings. The maximum atomic E-state index is 9.02. The first-order chi connectivity index (χ1) is 7.79. The molecule has 2 rings (SSSR count). The molecule has 0 radical (unpaired) electrons. The van der Waals surface area contributed by atoms with Crippen molar-refractivity contribution in [3.63, 3.8) is 0 Å². The van der Waals surface area contributed by atoms with Crippen LogP contribution in [-0.4, -0.2) is 9.97 Å². The zero-order valence-electron chi connectivity index (χ0n) is 8.71. The van der Waals surface area contributed by atoms with Crippen LogP contribution >= 0.6 is 11.8 Å². The van der Waals surface area contributed by atoms with Gasteiger partial charge in [0.25, 0.3) is 0 Å². The summed E-state index contributed by atoms with van der Waals surface area (Å²) in [7, 11) is 0. The molecule has 0 fully saturated rings. The topological polar surface area (TPSA) is 49.6 Å². The number of rotatable bonds is 2. The van der Waals surface area contributed by atoms with E-state index in [1.165, 1.54) is 18.1 Å². The zero-order valence-corrected chi connectivity index (χ0v) is 9.53. The minimum absolute atomic E-state index is 0.684. The van der Waals surface area contributed by atoms with Crippen LogP contribution < -0.4 is 0 Å². The highest BCUT2D eigenvalue weighted by atomic mass is 32.2. The van der Waals surface area contributed by atoms with Gasteiger partial charge >= 0.3 is 0 Å². The lowest BCUT2D eigenvalue weighted by atomic mass is 10.2. The summed E-state index contributed by atoms with van der Waals surface area (Å²) in [5.41, 5.74) is 1.77. The fraction of sp³-hybridized carbons (Fsp3) is 0.0833. The Morgan fingerprint density at radius 3 is 2.88 bits per heavy atom. The van der Waals surface area contributed by atoms with E-state index in [2.05, 4.69) is 16.0 Å². The number of nitrogens with zero attached hydrogens (tertiary/aromatic N) is 3. The van der Waals surface area contributed by atoms with Gasteiger partial charge in [-0.3, -0.25) is 0 Å². The normalized spacial score (nSPS) is 9.75. The van der Waals surface area contributed by atoms with Crippen molar-refractivity contribution >= 4 is 11.8 Å². The summed E-state index contributed by atoms with van der Waals surface area (Å²) >= 11 is 1.47. The van der Waals surface area contributed by atoms with E-state index < -0.39 is 0 Å². The lowest BCUT2D eigenvalue weighted by Crippen LogP contribution is -1.85. The SMILES string of the molecule is Cc1ccc(Sc2ccncn2)c(C#N)c1. The van der Waals surface area contributed by atoms with Gasteiger partial charge in [0.05, 0.1) is 5.56 Å². The van der Waals surface area contributed by atoms with Crippen molar-refractivity contribution in [3.05, 3.63) is 47.9 Å². The average Bonchev–Trinajstić information content (AvgIpc) is 2.33. The van der Waals surface area contributed by atoms with E-state index in [1.807, 2.05) is 31.2 Å². The molecule has 0 aliphatic rings. The third-order valence-electron chi connectivity index (χ3n) is 2.02. The molecule has 1 heterocycles. The van der Waals surface area contributed by atoms with Crippen molar-refractivity contribution in [2.24, 2.45) is 0 Å². The predicted octanol–water partition coefficient (Wildman–Crippen LogP) is 2.81. The first-order valence-corrected chi connectivity index (χ1v) is 5.56. The molecule has 0 N–H and O–H groups in total. The zero-order chi connectivity index (χ0) is 11.4. The van der Waals surface area contributed by atoms with Crippen molar-refractivity contribution in [1.29, 1.82) is 5.26 Å². The molecule has 0 spiro atoms. The van der Waals surface area contributed by atoms with Crippen LogP contribution in [0.3, 0.4) is 0 Å². The molecule has 0 saturated carbocycles. The number of aromatic nitrogens is 2. The second kappa shape index (κ2) is 4.77. The predicted molar refractivity (Wildman–Crippen MR) is 62.0 cm³/mol. The second-order valence-corrected chi connectivity index (χ2v) is 4.32. The fourth-order valence-corrected chi connectivity index (χ4v) is 2.08. The van der Waals surface area contributed by atoms with E-state index in [4.69, 9.17) is 5.26 Å². The molecule has 0 bridgehead atoms. The minimum Gasteiger partial charge on any atom is -0.245 e. The summed E-state index contributed by atoms with van der Waals surface area (Å²) in [6, 6.07) is 9.83. The lowest BCUT2D eigenvalue weighted by Gasteiger charge is -2.03. The van der Waals surface area contributed by atoms with Gasteiger partial charge in [0.1, 0.15) is 17.4 Å². The highest BCUT2D eigenvalue weighted by Gasteiger charge is 2.04. The van der Waals surface area contributed by atoms with Crippen molar-refractivity contribution in [3.8, 4) is 6.07 Å². The van der Waals surface area contributed by atoms with Gasteiger partial charge < -0.3 is 0 Å². The molecular weight excluding hydrogens is 218 g/mol. The Morgan fingerprint density at radius 1 is 1.31 bits per heavy atom. The van der Waals surface area contributed by atoms with E-state index in [0.717, 1.165) is 15.5 Å². The maximum absolute atomic E-state index is 9.02. The summed E-state index contributed by atoms with van der Waals surface area (Å²) in [4.78, 5) is 8.89. The quantitative estimate of drug-likeness (QED) is 0.740. The van der Waals surface area contributed by atoms with Gasteiger partial charge in [0, 0.05) is 11.1 Å². The standard InChI is InChI=1S/C12H9N3S/c1-9-2-3-11(10(6-9)7-13)16-12-4-5-14-8-15-12/h2-6,8H,1H3. The smallest absolute Gasteiger partial charge is 0.116 e. The van der Waals surface area contributed by atoms with Crippen LogP contribution in [-0.2, 0) is 0 Å². The van der Waals surface area contributed by atoms with E-state index in [-0.39, 0.29) is 0 Å². The van der Waals surface area contributed by atoms with Crippen LogP contribution in [0.2, 0.25) is 0 Å². The second-order valence-electron chi connectivity index (χ2n) is 3.26. The lowest BCUT2D eigenvalue weighted by molar-refractivity contribution is 1.05. The molecule has 0 saturated heterocycles. The van der Waals surface area contributed by atoms with E-state index in [0.29, 0.717) is 5.56 Å². The molecular formula is C12H9N3S. The van der Waals surface area contributed by atoms with E-state index >= 15 is 0 Å². The van der Waals surface area contributed by atoms with Crippen LogP contribution in [0.25, 0.3) is 0 Å². The van der Waals surface area contributed by atoms with Gasteiger partial charge in [-0.15, -0.1) is 0 Å². The largest absolute Gasteiger partial charge is 0.245 e. The van der Waals surface area contributed by atoms with Gasteiger partial charge in [-0.2, -0.15) is 5.26 Å². The summed E-state index contributed by atoms with van der Waals surface area (Å²) in [5.74, 6) is 0. The number of benzene rings is 1. The minimum atomic E-state index is 0.684. The van der Waals surface area contributed by atoms with Gasteiger partial charge in [-0.05, 0) is 30.7 Å². The molecule has 16 heavy (non-hydrogen) atoms. The summed E-state index contributed by atoms with van der Waals surface area (Å²) in [6.45, 7) is 1.97. The monoisotopic (exact) mass is 227 g/mol. The first-order valence-electron chi connectivity index (χ1n) is 4.74. The van der Waals surface area contributed by atoms with Gasteiger partial charge in [-0.25, -0.2) is 9.97 Å².